The van der Waals surface area contributed by atoms with Crippen LogP contribution in [0.5, 0.6) is 23.0 Å². The van der Waals surface area contributed by atoms with Crippen molar-refractivity contribution in [3.05, 3.63) is 46.0 Å². The predicted molar refractivity (Wildman–Crippen MR) is 136 cm³/mol. The minimum absolute atomic E-state index is 0.0774. The van der Waals surface area contributed by atoms with Gasteiger partial charge < -0.3 is 45.2 Å². The standard InChI is InChI=1S/C28H36O10/c1-2-3-4-5-6-7-8-37-19-11-15-9-14-10-17(30)18(31)12-16(14)23(32)21(15)25(34)22(19)28-27(36)26(35)24(33)20(13-29)38-28/h10-12,20,24,26-31,33-36H,2-9,13H2,1H3/t20-,24-,26+,27-,28+/m0/s1. The average molecular weight is 533 g/mol. The summed E-state index contributed by atoms with van der Waals surface area (Å²) >= 11 is 0. The summed E-state index contributed by atoms with van der Waals surface area (Å²) in [5, 5.41) is 72.3. The Morgan fingerprint density at radius 2 is 1.58 bits per heavy atom. The lowest BCUT2D eigenvalue weighted by Gasteiger charge is -2.41. The molecule has 1 fully saturated rings. The molecule has 10 nitrogen and oxygen atoms in total. The average Bonchev–Trinajstić information content (AvgIpc) is 2.89. The normalized spacial score (nSPS) is 24.7. The van der Waals surface area contributed by atoms with Gasteiger partial charge in [-0.2, -0.15) is 0 Å². The SMILES string of the molecule is CCCCCCCCOc1cc2c(c(O)c1[C@H]1O[C@@H](CO)[C@H](O)[C@@H](O)[C@@H]1O)C(=O)c1cc(O)c(O)cc1C2. The summed E-state index contributed by atoms with van der Waals surface area (Å²) < 4.78 is 11.7. The first-order valence-electron chi connectivity index (χ1n) is 13.1. The van der Waals surface area contributed by atoms with Gasteiger partial charge in [0, 0.05) is 5.56 Å². The van der Waals surface area contributed by atoms with E-state index in [1.54, 1.807) is 6.07 Å². The maximum atomic E-state index is 13.4. The summed E-state index contributed by atoms with van der Waals surface area (Å²) in [6, 6.07) is 3.99. The van der Waals surface area contributed by atoms with Crippen LogP contribution in [0, 0.1) is 0 Å². The number of phenolic OH excluding ortho intramolecular Hbond substituents is 3. The number of benzene rings is 2. The van der Waals surface area contributed by atoms with Gasteiger partial charge in [0.2, 0.25) is 0 Å². The minimum atomic E-state index is -1.69. The summed E-state index contributed by atoms with van der Waals surface area (Å²) in [7, 11) is 0. The number of aromatic hydroxyl groups is 3. The number of carbonyl (C=O) groups excluding carboxylic acids is 1. The van der Waals surface area contributed by atoms with E-state index in [0.717, 1.165) is 44.6 Å². The Kier molecular flexibility index (Phi) is 8.79. The molecule has 2 aromatic rings. The molecule has 2 aromatic carbocycles. The lowest BCUT2D eigenvalue weighted by atomic mass is 9.81. The van der Waals surface area contributed by atoms with Gasteiger partial charge in [-0.05, 0) is 42.2 Å². The van der Waals surface area contributed by atoms with E-state index in [9.17, 15) is 40.5 Å². The topological polar surface area (TPSA) is 177 Å². The van der Waals surface area contributed by atoms with Crippen molar-refractivity contribution >= 4 is 5.78 Å². The van der Waals surface area contributed by atoms with Gasteiger partial charge in [-0.3, -0.25) is 4.79 Å². The first-order valence-corrected chi connectivity index (χ1v) is 13.1. The van der Waals surface area contributed by atoms with E-state index in [1.807, 2.05) is 0 Å². The largest absolute Gasteiger partial charge is 0.507 e. The molecule has 5 atom stereocenters. The molecule has 0 aromatic heterocycles. The minimum Gasteiger partial charge on any atom is -0.507 e. The number of fused-ring (bicyclic) bond motifs is 2. The summed E-state index contributed by atoms with van der Waals surface area (Å²) in [5.74, 6) is -1.84. The van der Waals surface area contributed by atoms with Gasteiger partial charge in [0.15, 0.2) is 17.3 Å². The first-order chi connectivity index (χ1) is 18.2. The van der Waals surface area contributed by atoms with Crippen molar-refractivity contribution in [2.45, 2.75) is 82.4 Å². The summed E-state index contributed by atoms with van der Waals surface area (Å²) in [6.45, 7) is 1.77. The molecule has 208 valence electrons. The van der Waals surface area contributed by atoms with E-state index in [2.05, 4.69) is 6.92 Å². The van der Waals surface area contributed by atoms with Gasteiger partial charge in [0.1, 0.15) is 42.0 Å². The molecule has 0 unspecified atom stereocenters. The van der Waals surface area contributed by atoms with Gasteiger partial charge >= 0.3 is 0 Å². The fraction of sp³-hybridized carbons (Fsp3) is 0.536. The number of hydrogen-bond donors (Lipinski definition) is 7. The van der Waals surface area contributed by atoms with Crippen LogP contribution in [0.4, 0.5) is 0 Å². The van der Waals surface area contributed by atoms with Crippen LogP contribution in [0.2, 0.25) is 0 Å². The monoisotopic (exact) mass is 532 g/mol. The smallest absolute Gasteiger partial charge is 0.197 e. The van der Waals surface area contributed by atoms with Gasteiger partial charge in [-0.15, -0.1) is 0 Å². The Bertz CT molecular complexity index is 1160. The maximum Gasteiger partial charge on any atom is 0.197 e. The van der Waals surface area contributed by atoms with Crippen molar-refractivity contribution in [1.82, 2.24) is 0 Å². The zero-order valence-corrected chi connectivity index (χ0v) is 21.3. The van der Waals surface area contributed by atoms with E-state index in [1.165, 1.54) is 6.07 Å². The quantitative estimate of drug-likeness (QED) is 0.151. The van der Waals surface area contributed by atoms with Crippen LogP contribution in [-0.2, 0) is 11.2 Å². The summed E-state index contributed by atoms with van der Waals surface area (Å²) in [6.07, 6.45) is -1.35. The van der Waals surface area contributed by atoms with Crippen LogP contribution < -0.4 is 4.74 Å². The lowest BCUT2D eigenvalue weighted by molar-refractivity contribution is -0.232. The molecular formula is C28H36O10. The van der Waals surface area contributed by atoms with Crippen LogP contribution in [0.3, 0.4) is 0 Å². The maximum absolute atomic E-state index is 13.4. The second kappa shape index (κ2) is 11.9. The molecule has 10 heteroatoms. The van der Waals surface area contributed by atoms with Gasteiger partial charge in [0.05, 0.1) is 24.3 Å². The number of carbonyl (C=O) groups is 1. The molecule has 7 N–H and O–H groups in total. The molecule has 4 rings (SSSR count). The lowest BCUT2D eigenvalue weighted by Crippen LogP contribution is -2.55. The number of aliphatic hydroxyl groups is 4. The van der Waals surface area contributed by atoms with E-state index in [0.29, 0.717) is 11.1 Å². The second-order valence-electron chi connectivity index (χ2n) is 10.0. The molecule has 1 heterocycles. The Morgan fingerprint density at radius 1 is 0.895 bits per heavy atom. The molecule has 1 saturated heterocycles. The van der Waals surface area contributed by atoms with Crippen molar-refractivity contribution in [1.29, 1.82) is 0 Å². The van der Waals surface area contributed by atoms with Crippen molar-refractivity contribution in [2.24, 2.45) is 0 Å². The van der Waals surface area contributed by atoms with E-state index >= 15 is 0 Å². The van der Waals surface area contributed by atoms with Crippen LogP contribution in [0.25, 0.3) is 0 Å². The van der Waals surface area contributed by atoms with Crippen LogP contribution in [0.1, 0.15) is 84.2 Å². The van der Waals surface area contributed by atoms with Gasteiger partial charge in [-0.1, -0.05) is 39.0 Å². The Labute approximate surface area is 220 Å². The van der Waals surface area contributed by atoms with Crippen LogP contribution in [0.15, 0.2) is 18.2 Å². The molecule has 0 spiro atoms. The molecule has 1 aliphatic heterocycles. The summed E-state index contributed by atoms with van der Waals surface area (Å²) in [5.41, 5.74) is 0.813. The van der Waals surface area contributed by atoms with Crippen molar-refractivity contribution in [3.8, 4) is 23.0 Å². The Balaban J connectivity index is 1.72. The second-order valence-corrected chi connectivity index (χ2v) is 10.0. The number of ether oxygens (including phenoxy) is 2. The predicted octanol–water partition coefficient (Wildman–Crippen LogP) is 2.19. The summed E-state index contributed by atoms with van der Waals surface area (Å²) in [4.78, 5) is 13.4. The highest BCUT2D eigenvalue weighted by molar-refractivity contribution is 6.14. The number of rotatable bonds is 10. The molecule has 0 bridgehead atoms. The molecule has 0 radical (unpaired) electrons. The number of aliphatic hydroxyl groups excluding tert-OH is 4. The molecular weight excluding hydrogens is 496 g/mol. The van der Waals surface area contributed by atoms with Gasteiger partial charge in [-0.25, -0.2) is 0 Å². The van der Waals surface area contributed by atoms with Crippen molar-refractivity contribution in [2.75, 3.05) is 13.2 Å². The Hall–Kier alpha value is -2.89. The molecule has 38 heavy (non-hydrogen) atoms. The van der Waals surface area contributed by atoms with E-state index < -0.39 is 54.4 Å². The highest BCUT2D eigenvalue weighted by Gasteiger charge is 2.47. The number of ketones is 1. The van der Waals surface area contributed by atoms with Crippen molar-refractivity contribution < 1.29 is 50.0 Å². The third-order valence-electron chi connectivity index (χ3n) is 7.37. The third-order valence-corrected chi connectivity index (χ3v) is 7.37. The molecule has 0 amide bonds. The zero-order valence-electron chi connectivity index (χ0n) is 21.3. The first kappa shape index (κ1) is 28.1. The third kappa shape index (κ3) is 5.32. The van der Waals surface area contributed by atoms with Crippen molar-refractivity contribution in [3.63, 3.8) is 0 Å². The van der Waals surface area contributed by atoms with Crippen LogP contribution in [-0.4, -0.2) is 79.2 Å². The van der Waals surface area contributed by atoms with E-state index in [-0.39, 0.29) is 41.2 Å². The van der Waals surface area contributed by atoms with Gasteiger partial charge in [0.25, 0.3) is 0 Å². The van der Waals surface area contributed by atoms with Crippen LogP contribution >= 0.6 is 0 Å². The molecule has 1 aliphatic carbocycles. The molecule has 0 saturated carbocycles. The zero-order chi connectivity index (χ0) is 27.6. The van der Waals surface area contributed by atoms with E-state index in [4.69, 9.17) is 9.47 Å². The fourth-order valence-corrected chi connectivity index (χ4v) is 5.22. The number of phenols is 3. The molecule has 2 aliphatic rings. The Morgan fingerprint density at radius 3 is 2.29 bits per heavy atom. The number of unbranched alkanes of at least 4 members (excludes halogenated alkanes) is 5. The highest BCUT2D eigenvalue weighted by atomic mass is 16.5. The highest BCUT2D eigenvalue weighted by Crippen LogP contribution is 2.47. The fourth-order valence-electron chi connectivity index (χ4n) is 5.22. The number of hydrogen-bond acceptors (Lipinski definition) is 10.